The molecule has 1 amide bonds. The Hall–Kier alpha value is -1.84. The second-order valence-corrected chi connectivity index (χ2v) is 6.21. The van der Waals surface area contributed by atoms with E-state index in [1.54, 1.807) is 0 Å². The van der Waals surface area contributed by atoms with Crippen molar-refractivity contribution >= 4 is 11.9 Å². The number of carbonyl (C=O) groups is 2. The summed E-state index contributed by atoms with van der Waals surface area (Å²) in [5.74, 6) is 0.337. The molecule has 4 heteroatoms. The molecule has 1 aromatic rings. The van der Waals surface area contributed by atoms with Crippen LogP contribution < -0.4 is 0 Å². The second-order valence-electron chi connectivity index (χ2n) is 6.21. The molecule has 0 N–H and O–H groups in total. The minimum atomic E-state index is -0.226. The van der Waals surface area contributed by atoms with Crippen LogP contribution in [-0.2, 0) is 16.1 Å². The van der Waals surface area contributed by atoms with Crippen LogP contribution in [-0.4, -0.2) is 29.4 Å². The normalized spacial score (nSPS) is 17.3. The van der Waals surface area contributed by atoms with Gasteiger partial charge in [0.25, 0.3) is 0 Å². The largest absolute Gasteiger partial charge is 0.445 e. The van der Waals surface area contributed by atoms with Gasteiger partial charge in [-0.05, 0) is 37.7 Å². The molecule has 1 aromatic carbocycles. The molecule has 0 aliphatic carbocycles. The fourth-order valence-electron chi connectivity index (χ4n) is 3.12. The van der Waals surface area contributed by atoms with Gasteiger partial charge in [-0.1, -0.05) is 37.3 Å². The summed E-state index contributed by atoms with van der Waals surface area (Å²) >= 11 is 0. The lowest BCUT2D eigenvalue weighted by Gasteiger charge is -2.24. The van der Waals surface area contributed by atoms with Gasteiger partial charge >= 0.3 is 6.09 Å². The Morgan fingerprint density at radius 3 is 2.74 bits per heavy atom. The summed E-state index contributed by atoms with van der Waals surface area (Å²) in [7, 11) is 0. The standard InChI is InChI=1S/C19H27NO3/c1-2-8-18(21)13-6-11-17-12-7-14-20(17)19(22)23-15-16-9-4-3-5-10-16/h3-5,9-10,17H,2,6-8,11-15H2,1H3/t17-/m1/s1. The van der Waals surface area contributed by atoms with E-state index in [-0.39, 0.29) is 12.1 Å². The van der Waals surface area contributed by atoms with Gasteiger partial charge < -0.3 is 9.64 Å². The Kier molecular flexibility index (Phi) is 7.11. The summed E-state index contributed by atoms with van der Waals surface area (Å²) < 4.78 is 5.43. The maximum absolute atomic E-state index is 12.3. The van der Waals surface area contributed by atoms with Crippen LogP contribution in [0.25, 0.3) is 0 Å². The highest BCUT2D eigenvalue weighted by molar-refractivity contribution is 5.78. The average molecular weight is 317 g/mol. The zero-order chi connectivity index (χ0) is 16.5. The molecule has 0 radical (unpaired) electrons. The van der Waals surface area contributed by atoms with Gasteiger partial charge in [-0.25, -0.2) is 4.79 Å². The van der Waals surface area contributed by atoms with Crippen molar-refractivity contribution < 1.29 is 14.3 Å². The van der Waals surface area contributed by atoms with Gasteiger partial charge in [0.2, 0.25) is 0 Å². The van der Waals surface area contributed by atoms with Crippen LogP contribution in [0.1, 0.15) is 57.4 Å². The van der Waals surface area contributed by atoms with Crippen molar-refractivity contribution in [2.24, 2.45) is 0 Å². The molecule has 1 aliphatic heterocycles. The topological polar surface area (TPSA) is 46.6 Å². The van der Waals surface area contributed by atoms with E-state index in [2.05, 4.69) is 0 Å². The third kappa shape index (κ3) is 5.70. The van der Waals surface area contributed by atoms with Gasteiger partial charge in [0.1, 0.15) is 12.4 Å². The predicted octanol–water partition coefficient (Wildman–Crippen LogP) is 4.33. The molecular formula is C19H27NO3. The average Bonchev–Trinajstić information content (AvgIpc) is 3.02. The van der Waals surface area contributed by atoms with Crippen LogP contribution in [0.2, 0.25) is 0 Å². The first-order valence-electron chi connectivity index (χ1n) is 8.69. The molecule has 0 bridgehead atoms. The van der Waals surface area contributed by atoms with Gasteiger partial charge in [-0.3, -0.25) is 4.79 Å². The molecule has 4 nitrogen and oxygen atoms in total. The number of Topliss-reactive ketones (excluding diaryl/α,β-unsaturated/α-hetero) is 1. The van der Waals surface area contributed by atoms with E-state index in [9.17, 15) is 9.59 Å². The fourth-order valence-corrected chi connectivity index (χ4v) is 3.12. The Morgan fingerprint density at radius 2 is 2.00 bits per heavy atom. The van der Waals surface area contributed by atoms with Gasteiger partial charge in [0, 0.05) is 25.4 Å². The SMILES string of the molecule is CCCC(=O)CCC[C@@H]1CCCN1C(=O)OCc1ccccc1. The van der Waals surface area contributed by atoms with Gasteiger partial charge in [0.05, 0.1) is 0 Å². The molecule has 126 valence electrons. The number of amides is 1. The molecule has 0 unspecified atom stereocenters. The van der Waals surface area contributed by atoms with Crippen LogP contribution in [0.15, 0.2) is 30.3 Å². The number of likely N-dealkylation sites (tertiary alicyclic amines) is 1. The monoisotopic (exact) mass is 317 g/mol. The number of nitrogens with zero attached hydrogens (tertiary/aromatic N) is 1. The number of ketones is 1. The zero-order valence-electron chi connectivity index (χ0n) is 14.0. The van der Waals surface area contributed by atoms with Crippen LogP contribution >= 0.6 is 0 Å². The van der Waals surface area contributed by atoms with E-state index in [0.29, 0.717) is 25.2 Å². The molecule has 0 spiro atoms. The zero-order valence-corrected chi connectivity index (χ0v) is 14.0. The first kappa shape index (κ1) is 17.5. The summed E-state index contributed by atoms with van der Waals surface area (Å²) in [6, 6.07) is 9.96. The Bertz CT molecular complexity index is 501. The molecular weight excluding hydrogens is 290 g/mol. The van der Waals surface area contributed by atoms with Crippen molar-refractivity contribution in [3.63, 3.8) is 0 Å². The minimum Gasteiger partial charge on any atom is -0.445 e. The quantitative estimate of drug-likeness (QED) is 0.717. The Labute approximate surface area is 138 Å². The van der Waals surface area contributed by atoms with Gasteiger partial charge in [-0.15, -0.1) is 0 Å². The highest BCUT2D eigenvalue weighted by atomic mass is 16.6. The molecule has 1 atom stereocenters. The van der Waals surface area contributed by atoms with Crippen molar-refractivity contribution in [3.8, 4) is 0 Å². The molecule has 1 fully saturated rings. The lowest BCUT2D eigenvalue weighted by atomic mass is 10.0. The molecule has 23 heavy (non-hydrogen) atoms. The molecule has 1 aliphatic rings. The summed E-state index contributed by atoms with van der Waals surface area (Å²) in [5, 5.41) is 0. The molecule has 0 aromatic heterocycles. The fraction of sp³-hybridized carbons (Fsp3) is 0.579. The molecule has 2 rings (SSSR count). The highest BCUT2D eigenvalue weighted by Crippen LogP contribution is 2.23. The smallest absolute Gasteiger partial charge is 0.410 e. The van der Waals surface area contributed by atoms with Crippen molar-refractivity contribution in [3.05, 3.63) is 35.9 Å². The molecule has 0 saturated carbocycles. The number of hydrogen-bond acceptors (Lipinski definition) is 3. The summed E-state index contributed by atoms with van der Waals surface area (Å²) in [6.07, 6.45) is 5.81. The van der Waals surface area contributed by atoms with Gasteiger partial charge in [-0.2, -0.15) is 0 Å². The summed E-state index contributed by atoms with van der Waals surface area (Å²) in [6.45, 7) is 3.11. The summed E-state index contributed by atoms with van der Waals surface area (Å²) in [4.78, 5) is 25.7. The number of rotatable bonds is 8. The maximum atomic E-state index is 12.3. The maximum Gasteiger partial charge on any atom is 0.410 e. The van der Waals surface area contributed by atoms with Crippen molar-refractivity contribution in [2.75, 3.05) is 6.54 Å². The van der Waals surface area contributed by atoms with E-state index in [0.717, 1.165) is 44.2 Å². The lowest BCUT2D eigenvalue weighted by molar-refractivity contribution is -0.119. The van der Waals surface area contributed by atoms with Crippen molar-refractivity contribution in [2.45, 2.75) is 64.5 Å². The first-order valence-corrected chi connectivity index (χ1v) is 8.69. The number of hydrogen-bond donors (Lipinski definition) is 0. The minimum absolute atomic E-state index is 0.226. The summed E-state index contributed by atoms with van der Waals surface area (Å²) in [5.41, 5.74) is 1.00. The third-order valence-corrected chi connectivity index (χ3v) is 4.34. The third-order valence-electron chi connectivity index (χ3n) is 4.34. The number of carbonyl (C=O) groups excluding carboxylic acids is 2. The molecule has 1 saturated heterocycles. The lowest BCUT2D eigenvalue weighted by Crippen LogP contribution is -2.35. The van der Waals surface area contributed by atoms with Gasteiger partial charge in [0.15, 0.2) is 0 Å². The van der Waals surface area contributed by atoms with Crippen LogP contribution in [0.3, 0.4) is 0 Å². The Morgan fingerprint density at radius 1 is 1.22 bits per heavy atom. The van der Waals surface area contributed by atoms with E-state index >= 15 is 0 Å². The first-order chi connectivity index (χ1) is 11.2. The highest BCUT2D eigenvalue weighted by Gasteiger charge is 2.29. The predicted molar refractivity (Wildman–Crippen MR) is 90.1 cm³/mol. The molecule has 1 heterocycles. The van der Waals surface area contributed by atoms with E-state index in [1.807, 2.05) is 42.2 Å². The van der Waals surface area contributed by atoms with Crippen LogP contribution in [0, 0.1) is 0 Å². The van der Waals surface area contributed by atoms with E-state index in [4.69, 9.17) is 4.74 Å². The van der Waals surface area contributed by atoms with Crippen LogP contribution in [0.5, 0.6) is 0 Å². The number of benzene rings is 1. The van der Waals surface area contributed by atoms with Crippen LogP contribution in [0.4, 0.5) is 4.79 Å². The number of ether oxygens (including phenoxy) is 1. The second kappa shape index (κ2) is 9.33. The van der Waals surface area contributed by atoms with E-state index < -0.39 is 0 Å². The van der Waals surface area contributed by atoms with Crippen molar-refractivity contribution in [1.29, 1.82) is 0 Å². The Balaban J connectivity index is 1.74. The van der Waals surface area contributed by atoms with E-state index in [1.165, 1.54) is 0 Å². The van der Waals surface area contributed by atoms with Crippen molar-refractivity contribution in [1.82, 2.24) is 4.90 Å².